The number of urea groups is 1. The van der Waals surface area contributed by atoms with Crippen LogP contribution in [0.4, 0.5) is 16.3 Å². The van der Waals surface area contributed by atoms with Gasteiger partial charge in [0.15, 0.2) is 5.82 Å². The predicted octanol–water partition coefficient (Wildman–Crippen LogP) is 3.46. The molecule has 0 radical (unpaired) electrons. The number of rotatable bonds is 3. The van der Waals surface area contributed by atoms with Crippen molar-refractivity contribution in [2.24, 2.45) is 0 Å². The number of carbonyl (C=O) groups is 1. The summed E-state index contributed by atoms with van der Waals surface area (Å²) >= 11 is 7.71. The molecule has 2 aliphatic rings. The lowest BCUT2D eigenvalue weighted by Crippen LogP contribution is -2.52. The molecule has 0 saturated carbocycles. The number of benzene rings is 1. The number of carbonyl (C=O) groups excluding carboxylic acids is 1. The van der Waals surface area contributed by atoms with Crippen molar-refractivity contribution in [2.75, 3.05) is 44.2 Å². The third kappa shape index (κ3) is 3.78. The molecule has 142 valence electrons. The molecule has 0 spiro atoms. The number of aliphatic hydroxyl groups is 1. The van der Waals surface area contributed by atoms with Gasteiger partial charge >= 0.3 is 6.03 Å². The van der Waals surface area contributed by atoms with Gasteiger partial charge in [-0.3, -0.25) is 4.90 Å². The fourth-order valence-corrected chi connectivity index (χ4v) is 4.70. The van der Waals surface area contributed by atoms with Crippen LogP contribution >= 0.6 is 23.4 Å². The topological polar surface area (TPSA) is 59.9 Å². The molecular weight excluding hydrogens is 384 g/mol. The summed E-state index contributed by atoms with van der Waals surface area (Å²) in [4.78, 5) is 25.6. The Labute approximate surface area is 167 Å². The molecule has 2 aliphatic heterocycles. The second-order valence-corrected chi connectivity index (χ2v) is 8.09. The lowest BCUT2D eigenvalue weighted by atomic mass is 10.2. The maximum atomic E-state index is 13.4. The molecule has 1 aromatic heterocycles. The molecule has 1 aromatic carbocycles. The highest BCUT2D eigenvalue weighted by atomic mass is 35.5. The Morgan fingerprint density at radius 1 is 1.19 bits per heavy atom. The molecule has 1 fully saturated rings. The van der Waals surface area contributed by atoms with E-state index in [1.54, 1.807) is 22.9 Å². The molecule has 8 heteroatoms. The highest BCUT2D eigenvalue weighted by molar-refractivity contribution is 7.99. The Balaban J connectivity index is 1.59. The van der Waals surface area contributed by atoms with Crippen LogP contribution in [0.5, 0.6) is 0 Å². The Kier molecular flexibility index (Phi) is 5.54. The van der Waals surface area contributed by atoms with Crippen LogP contribution in [0.3, 0.4) is 0 Å². The van der Waals surface area contributed by atoms with Crippen molar-refractivity contribution in [1.29, 1.82) is 0 Å². The molecule has 0 atom stereocenters. The van der Waals surface area contributed by atoms with Gasteiger partial charge in [0.1, 0.15) is 0 Å². The number of fused-ring (bicyclic) bond motifs is 2. The summed E-state index contributed by atoms with van der Waals surface area (Å²) < 4.78 is 0. The average Bonchev–Trinajstić information content (AvgIpc) is 2.70. The largest absolute Gasteiger partial charge is 0.396 e. The van der Waals surface area contributed by atoms with Gasteiger partial charge in [0.25, 0.3) is 0 Å². The third-order valence-electron chi connectivity index (χ3n) is 4.80. The zero-order chi connectivity index (χ0) is 18.8. The van der Waals surface area contributed by atoms with Crippen LogP contribution in [0.15, 0.2) is 46.3 Å². The van der Waals surface area contributed by atoms with Gasteiger partial charge in [-0.05, 0) is 24.6 Å². The SMILES string of the molecule is O=C(N1CCN(CCCO)CC1)N1c2ccccc2Sc2cc(Cl)cnc21. The van der Waals surface area contributed by atoms with E-state index in [0.29, 0.717) is 23.9 Å². The molecule has 2 amide bonds. The number of aromatic nitrogens is 1. The zero-order valence-electron chi connectivity index (χ0n) is 14.8. The lowest BCUT2D eigenvalue weighted by Gasteiger charge is -2.38. The number of pyridine rings is 1. The standard InChI is InChI=1S/C19H21ClN4O2S/c20-14-12-17-18(21-13-14)24(15-4-1-2-5-16(15)27-17)19(26)23-9-7-22(8-10-23)6-3-11-25/h1-2,4-5,12-13,25H,3,6-11H2. The Hall–Kier alpha value is -1.80. The molecule has 0 aliphatic carbocycles. The van der Waals surface area contributed by atoms with Crippen molar-refractivity contribution < 1.29 is 9.90 Å². The fraction of sp³-hybridized carbons (Fsp3) is 0.368. The van der Waals surface area contributed by atoms with Crippen molar-refractivity contribution in [3.05, 3.63) is 41.6 Å². The zero-order valence-corrected chi connectivity index (χ0v) is 16.4. The Bertz CT molecular complexity index is 842. The number of para-hydroxylation sites is 1. The average molecular weight is 405 g/mol. The van der Waals surface area contributed by atoms with Gasteiger partial charge in [0.2, 0.25) is 0 Å². The summed E-state index contributed by atoms with van der Waals surface area (Å²) in [6.07, 6.45) is 2.35. The van der Waals surface area contributed by atoms with E-state index in [9.17, 15) is 4.79 Å². The first-order valence-corrected chi connectivity index (χ1v) is 10.2. The smallest absolute Gasteiger partial charge is 0.330 e. The lowest BCUT2D eigenvalue weighted by molar-refractivity contribution is 0.137. The van der Waals surface area contributed by atoms with Gasteiger partial charge in [-0.1, -0.05) is 35.5 Å². The summed E-state index contributed by atoms with van der Waals surface area (Å²) in [6, 6.07) is 9.68. The van der Waals surface area contributed by atoms with E-state index in [1.165, 1.54) is 0 Å². The summed E-state index contributed by atoms with van der Waals surface area (Å²) in [5.74, 6) is 0.635. The summed E-state index contributed by atoms with van der Waals surface area (Å²) in [6.45, 7) is 4.03. The van der Waals surface area contributed by atoms with Crippen LogP contribution in [0, 0.1) is 0 Å². The van der Waals surface area contributed by atoms with E-state index in [0.717, 1.165) is 41.5 Å². The highest BCUT2D eigenvalue weighted by Gasteiger charge is 2.33. The third-order valence-corrected chi connectivity index (χ3v) is 6.10. The van der Waals surface area contributed by atoms with Gasteiger partial charge in [0.05, 0.1) is 15.6 Å². The van der Waals surface area contributed by atoms with E-state index in [4.69, 9.17) is 16.7 Å². The van der Waals surface area contributed by atoms with Crippen molar-refractivity contribution in [3.63, 3.8) is 0 Å². The number of piperazine rings is 1. The van der Waals surface area contributed by atoms with Crippen molar-refractivity contribution in [2.45, 2.75) is 16.2 Å². The minimum Gasteiger partial charge on any atom is -0.396 e. The van der Waals surface area contributed by atoms with Crippen LogP contribution in [0.25, 0.3) is 0 Å². The number of hydrogen-bond acceptors (Lipinski definition) is 5. The molecule has 2 aromatic rings. The number of nitrogens with zero attached hydrogens (tertiary/aromatic N) is 4. The number of aliphatic hydroxyl groups excluding tert-OH is 1. The van der Waals surface area contributed by atoms with Gasteiger partial charge in [0, 0.05) is 50.4 Å². The fourth-order valence-electron chi connectivity index (χ4n) is 3.41. The molecule has 0 unspecified atom stereocenters. The molecule has 1 saturated heterocycles. The quantitative estimate of drug-likeness (QED) is 0.848. The normalized spacial score (nSPS) is 16.8. The van der Waals surface area contributed by atoms with Crippen LogP contribution in [-0.4, -0.2) is 65.3 Å². The summed E-state index contributed by atoms with van der Waals surface area (Å²) in [5, 5.41) is 9.56. The van der Waals surface area contributed by atoms with Crippen LogP contribution < -0.4 is 4.90 Å². The molecular formula is C19H21ClN4O2S. The minimum absolute atomic E-state index is 0.0550. The van der Waals surface area contributed by atoms with Gasteiger partial charge in [-0.2, -0.15) is 0 Å². The monoisotopic (exact) mass is 404 g/mol. The van der Waals surface area contributed by atoms with Crippen LogP contribution in [-0.2, 0) is 0 Å². The molecule has 6 nitrogen and oxygen atoms in total. The number of anilines is 2. The van der Waals surface area contributed by atoms with E-state index in [2.05, 4.69) is 9.88 Å². The molecule has 27 heavy (non-hydrogen) atoms. The number of hydrogen-bond donors (Lipinski definition) is 1. The Morgan fingerprint density at radius 2 is 1.96 bits per heavy atom. The maximum Gasteiger partial charge on any atom is 0.330 e. The van der Waals surface area contributed by atoms with Crippen molar-refractivity contribution >= 4 is 40.9 Å². The summed E-state index contributed by atoms with van der Waals surface area (Å²) in [7, 11) is 0. The van der Waals surface area contributed by atoms with E-state index >= 15 is 0 Å². The first kappa shape index (κ1) is 18.6. The van der Waals surface area contributed by atoms with Crippen LogP contribution in [0.2, 0.25) is 5.02 Å². The second-order valence-electron chi connectivity index (χ2n) is 6.57. The molecule has 0 bridgehead atoms. The predicted molar refractivity (Wildman–Crippen MR) is 107 cm³/mol. The van der Waals surface area contributed by atoms with Gasteiger partial charge < -0.3 is 10.0 Å². The van der Waals surface area contributed by atoms with Gasteiger partial charge in [-0.15, -0.1) is 0 Å². The van der Waals surface area contributed by atoms with Gasteiger partial charge in [-0.25, -0.2) is 14.7 Å². The first-order valence-electron chi connectivity index (χ1n) is 9.02. The number of amides is 2. The minimum atomic E-state index is -0.0550. The molecule has 4 rings (SSSR count). The van der Waals surface area contributed by atoms with Crippen molar-refractivity contribution in [1.82, 2.24) is 14.8 Å². The van der Waals surface area contributed by atoms with Crippen LogP contribution in [0.1, 0.15) is 6.42 Å². The second kappa shape index (κ2) is 8.06. The van der Waals surface area contributed by atoms with E-state index in [-0.39, 0.29) is 12.6 Å². The van der Waals surface area contributed by atoms with E-state index in [1.807, 2.05) is 35.2 Å². The maximum absolute atomic E-state index is 13.4. The number of halogens is 1. The molecule has 3 heterocycles. The highest BCUT2D eigenvalue weighted by Crippen LogP contribution is 2.48. The Morgan fingerprint density at radius 3 is 2.74 bits per heavy atom. The van der Waals surface area contributed by atoms with Crippen molar-refractivity contribution in [3.8, 4) is 0 Å². The molecule has 1 N–H and O–H groups in total. The first-order chi connectivity index (χ1) is 13.2. The summed E-state index contributed by atoms with van der Waals surface area (Å²) in [5.41, 5.74) is 0.859. The van der Waals surface area contributed by atoms with E-state index < -0.39 is 0 Å².